The average molecular weight is 312 g/mol. The molecule has 1 aromatic carbocycles. The van der Waals surface area contributed by atoms with E-state index in [1.807, 2.05) is 11.8 Å². The van der Waals surface area contributed by atoms with Crippen molar-refractivity contribution in [3.8, 4) is 0 Å². The molecule has 1 atom stereocenters. The van der Waals surface area contributed by atoms with Crippen LogP contribution in [0, 0.1) is 0 Å². The van der Waals surface area contributed by atoms with E-state index in [4.69, 9.17) is 5.73 Å². The zero-order valence-corrected chi connectivity index (χ0v) is 12.9. The Morgan fingerprint density at radius 2 is 2.19 bits per heavy atom. The van der Waals surface area contributed by atoms with Crippen molar-refractivity contribution < 1.29 is 13.2 Å². The zero-order valence-electron chi connectivity index (χ0n) is 12.1. The van der Waals surface area contributed by atoms with Crippen LogP contribution >= 0.6 is 0 Å². The second-order valence-electron chi connectivity index (χ2n) is 4.84. The molecule has 21 heavy (non-hydrogen) atoms. The number of carbonyl (C=O) groups is 1. The number of hydrogen-bond acceptors (Lipinski definition) is 5. The van der Waals surface area contributed by atoms with Crippen LogP contribution in [0.4, 0.5) is 11.4 Å². The quantitative estimate of drug-likeness (QED) is 0.673. The van der Waals surface area contributed by atoms with Crippen molar-refractivity contribution in [3.05, 3.63) is 18.2 Å². The van der Waals surface area contributed by atoms with E-state index in [9.17, 15) is 13.2 Å². The predicted octanol–water partition coefficient (Wildman–Crippen LogP) is -0.108. The molecular formula is C13H20N4O3S. The molecule has 2 rings (SSSR count). The number of nitrogens with one attached hydrogen (secondary N) is 2. The molecule has 1 aromatic rings. The van der Waals surface area contributed by atoms with Crippen molar-refractivity contribution in [2.75, 3.05) is 30.8 Å². The first kappa shape index (κ1) is 15.6. The first-order valence-electron chi connectivity index (χ1n) is 6.78. The summed E-state index contributed by atoms with van der Waals surface area (Å²) >= 11 is 0. The highest BCUT2D eigenvalue weighted by atomic mass is 32.2. The minimum Gasteiger partial charge on any atom is -0.397 e. The van der Waals surface area contributed by atoms with Crippen molar-refractivity contribution >= 4 is 27.3 Å². The van der Waals surface area contributed by atoms with Gasteiger partial charge < -0.3 is 16.0 Å². The lowest BCUT2D eigenvalue weighted by atomic mass is 10.1. The molecule has 116 valence electrons. The second-order valence-corrected chi connectivity index (χ2v) is 6.72. The van der Waals surface area contributed by atoms with Crippen LogP contribution in [0.3, 0.4) is 0 Å². The number of sulfonamides is 1. The number of nitrogens with zero attached hydrogens (tertiary/aromatic N) is 1. The number of carbonyl (C=O) groups excluding carboxylic acids is 1. The minimum absolute atomic E-state index is 0.0648. The highest BCUT2D eigenvalue weighted by molar-refractivity contribution is 7.89. The predicted molar refractivity (Wildman–Crippen MR) is 81.5 cm³/mol. The molecule has 0 aromatic heterocycles. The molecule has 7 nitrogen and oxygen atoms in total. The van der Waals surface area contributed by atoms with Crippen molar-refractivity contribution in [2.24, 2.45) is 0 Å². The molecule has 0 saturated carbocycles. The zero-order chi connectivity index (χ0) is 15.6. The normalized spacial score (nSPS) is 19.4. The summed E-state index contributed by atoms with van der Waals surface area (Å²) in [6, 6.07) is 4.19. The lowest BCUT2D eigenvalue weighted by Crippen LogP contribution is -2.55. The van der Waals surface area contributed by atoms with Crippen LogP contribution in [-0.2, 0) is 14.8 Å². The first-order valence-corrected chi connectivity index (χ1v) is 8.26. The standard InChI is InChI=1S/C13H20N4O3S/c1-3-11-13(18)16-6-7-17(11)12-8-9(4-5-10(12)14)21(19,20)15-2/h4-5,8,11,15H,3,6-7,14H2,1-2H3,(H,16,18). The summed E-state index contributed by atoms with van der Waals surface area (Å²) in [5.41, 5.74) is 7.01. The summed E-state index contributed by atoms with van der Waals surface area (Å²) in [5, 5.41) is 2.81. The average Bonchev–Trinajstić information content (AvgIpc) is 2.47. The molecular weight excluding hydrogens is 292 g/mol. The van der Waals surface area contributed by atoms with Gasteiger partial charge in [0.1, 0.15) is 6.04 Å². The van der Waals surface area contributed by atoms with Gasteiger partial charge in [-0.15, -0.1) is 0 Å². The number of piperazine rings is 1. The Kier molecular flexibility index (Phi) is 4.38. The van der Waals surface area contributed by atoms with Gasteiger partial charge in [-0.25, -0.2) is 13.1 Å². The molecule has 1 fully saturated rings. The highest BCUT2D eigenvalue weighted by Gasteiger charge is 2.30. The number of nitrogen functional groups attached to an aromatic ring is 1. The molecule has 1 heterocycles. The highest BCUT2D eigenvalue weighted by Crippen LogP contribution is 2.29. The third-order valence-corrected chi connectivity index (χ3v) is 5.02. The van der Waals surface area contributed by atoms with Gasteiger partial charge in [0.2, 0.25) is 15.9 Å². The first-order chi connectivity index (χ1) is 9.90. The van der Waals surface area contributed by atoms with Gasteiger partial charge in [0.05, 0.1) is 16.3 Å². The van der Waals surface area contributed by atoms with Crippen molar-refractivity contribution in [1.82, 2.24) is 10.0 Å². The van der Waals surface area contributed by atoms with E-state index in [2.05, 4.69) is 10.0 Å². The van der Waals surface area contributed by atoms with Crippen LogP contribution in [0.5, 0.6) is 0 Å². The van der Waals surface area contributed by atoms with Gasteiger partial charge >= 0.3 is 0 Å². The van der Waals surface area contributed by atoms with Gasteiger partial charge in [-0.2, -0.15) is 0 Å². The van der Waals surface area contributed by atoms with Gasteiger partial charge in [0, 0.05) is 13.1 Å². The number of rotatable bonds is 4. The Morgan fingerprint density at radius 3 is 2.81 bits per heavy atom. The maximum absolute atomic E-state index is 11.9. The van der Waals surface area contributed by atoms with Crippen LogP contribution in [0.25, 0.3) is 0 Å². The third kappa shape index (κ3) is 2.96. The van der Waals surface area contributed by atoms with E-state index in [0.717, 1.165) is 0 Å². The van der Waals surface area contributed by atoms with Gasteiger partial charge in [0.15, 0.2) is 0 Å². The maximum atomic E-state index is 11.9. The van der Waals surface area contributed by atoms with Gasteiger partial charge in [-0.3, -0.25) is 4.79 Å². The summed E-state index contributed by atoms with van der Waals surface area (Å²) in [5.74, 6) is -0.0648. The second kappa shape index (κ2) is 5.90. The van der Waals surface area contributed by atoms with Gasteiger partial charge in [0.25, 0.3) is 0 Å². The number of anilines is 2. The summed E-state index contributed by atoms with van der Waals surface area (Å²) in [7, 11) is -2.19. The third-order valence-electron chi connectivity index (χ3n) is 3.61. The molecule has 0 spiro atoms. The smallest absolute Gasteiger partial charge is 0.242 e. The summed E-state index contributed by atoms with van der Waals surface area (Å²) in [6.07, 6.45) is 0.619. The minimum atomic E-state index is -3.55. The van der Waals surface area contributed by atoms with E-state index in [1.165, 1.54) is 19.2 Å². The molecule has 1 unspecified atom stereocenters. The van der Waals surface area contributed by atoms with E-state index in [1.54, 1.807) is 6.07 Å². The van der Waals surface area contributed by atoms with E-state index in [0.29, 0.717) is 30.9 Å². The van der Waals surface area contributed by atoms with Crippen LogP contribution in [-0.4, -0.2) is 40.5 Å². The monoisotopic (exact) mass is 312 g/mol. The van der Waals surface area contributed by atoms with Crippen LogP contribution in [0.2, 0.25) is 0 Å². The molecule has 1 saturated heterocycles. The van der Waals surface area contributed by atoms with Crippen LogP contribution < -0.4 is 20.7 Å². The van der Waals surface area contributed by atoms with E-state index in [-0.39, 0.29) is 16.8 Å². The molecule has 0 radical (unpaired) electrons. The lowest BCUT2D eigenvalue weighted by molar-refractivity contribution is -0.123. The van der Waals surface area contributed by atoms with E-state index >= 15 is 0 Å². The lowest BCUT2D eigenvalue weighted by Gasteiger charge is -2.37. The Hall–Kier alpha value is -1.80. The summed E-state index contributed by atoms with van der Waals surface area (Å²) in [6.45, 7) is 3.02. The molecule has 1 amide bonds. The number of benzene rings is 1. The molecule has 0 bridgehead atoms. The fraction of sp³-hybridized carbons (Fsp3) is 0.462. The van der Waals surface area contributed by atoms with E-state index < -0.39 is 10.0 Å². The fourth-order valence-corrected chi connectivity index (χ4v) is 3.22. The Balaban J connectivity index is 2.47. The van der Waals surface area contributed by atoms with Crippen molar-refractivity contribution in [1.29, 1.82) is 0 Å². The number of hydrogen-bond donors (Lipinski definition) is 3. The van der Waals surface area contributed by atoms with Crippen LogP contribution in [0.15, 0.2) is 23.1 Å². The molecule has 8 heteroatoms. The molecule has 1 aliphatic rings. The van der Waals surface area contributed by atoms with Gasteiger partial charge in [-0.1, -0.05) is 6.92 Å². The topological polar surface area (TPSA) is 105 Å². The molecule has 1 aliphatic heterocycles. The Labute approximate surface area is 124 Å². The van der Waals surface area contributed by atoms with Gasteiger partial charge in [-0.05, 0) is 31.7 Å². The Morgan fingerprint density at radius 1 is 1.48 bits per heavy atom. The number of amides is 1. The largest absolute Gasteiger partial charge is 0.397 e. The van der Waals surface area contributed by atoms with Crippen molar-refractivity contribution in [2.45, 2.75) is 24.3 Å². The maximum Gasteiger partial charge on any atom is 0.242 e. The molecule has 0 aliphatic carbocycles. The van der Waals surface area contributed by atoms with Crippen LogP contribution in [0.1, 0.15) is 13.3 Å². The summed E-state index contributed by atoms with van der Waals surface area (Å²) in [4.78, 5) is 13.9. The Bertz CT molecular complexity index is 645. The summed E-state index contributed by atoms with van der Waals surface area (Å²) < 4.78 is 26.1. The number of nitrogens with two attached hydrogens (primary N) is 1. The SMILES string of the molecule is CCC1C(=O)NCCN1c1cc(S(=O)(=O)NC)ccc1N. The van der Waals surface area contributed by atoms with Crippen molar-refractivity contribution in [3.63, 3.8) is 0 Å². The fourth-order valence-electron chi connectivity index (χ4n) is 2.47. The molecule has 4 N–H and O–H groups in total.